The molecule has 1 aromatic heterocycles. The van der Waals surface area contributed by atoms with E-state index in [1.165, 1.54) is 0 Å². The maximum atomic E-state index is 6.29. The fourth-order valence-electron chi connectivity index (χ4n) is 2.35. The molecule has 0 unspecified atom stereocenters. The highest BCUT2D eigenvalue weighted by Crippen LogP contribution is 2.42. The van der Waals surface area contributed by atoms with Gasteiger partial charge in [0.25, 0.3) is 0 Å². The van der Waals surface area contributed by atoms with Gasteiger partial charge >= 0.3 is 0 Å². The Labute approximate surface area is 120 Å². The summed E-state index contributed by atoms with van der Waals surface area (Å²) in [5.41, 5.74) is 7.70. The molecule has 0 amide bonds. The first kappa shape index (κ1) is 13.7. The van der Waals surface area contributed by atoms with E-state index in [2.05, 4.69) is 15.9 Å². The second kappa shape index (κ2) is 4.44. The van der Waals surface area contributed by atoms with Gasteiger partial charge in [0.2, 0.25) is 0 Å². The highest BCUT2D eigenvalue weighted by atomic mass is 79.9. The molecule has 3 nitrogen and oxygen atoms in total. The second-order valence-electron chi connectivity index (χ2n) is 4.92. The Morgan fingerprint density at radius 1 is 1.39 bits per heavy atom. The van der Waals surface area contributed by atoms with E-state index in [9.17, 15) is 0 Å². The third-order valence-electron chi connectivity index (χ3n) is 3.02. The maximum Gasteiger partial charge on any atom is 0.143 e. The van der Waals surface area contributed by atoms with Gasteiger partial charge in [-0.05, 0) is 41.9 Å². The molecule has 0 spiro atoms. The number of benzene rings is 1. The minimum Gasteiger partial charge on any atom is -0.495 e. The largest absolute Gasteiger partial charge is 0.495 e. The maximum absolute atomic E-state index is 6.29. The highest BCUT2D eigenvalue weighted by molar-refractivity contribution is 9.10. The molecule has 1 heterocycles. The van der Waals surface area contributed by atoms with Crippen LogP contribution >= 0.6 is 27.5 Å². The van der Waals surface area contributed by atoms with Gasteiger partial charge in [-0.1, -0.05) is 11.6 Å². The number of aryl methyl sites for hydroxylation is 1. The van der Waals surface area contributed by atoms with Gasteiger partial charge in [0.1, 0.15) is 5.75 Å². The van der Waals surface area contributed by atoms with E-state index in [1.807, 2.05) is 37.6 Å². The summed E-state index contributed by atoms with van der Waals surface area (Å²) in [7, 11) is 3.62. The summed E-state index contributed by atoms with van der Waals surface area (Å²) in [6.07, 6.45) is 0. The highest BCUT2D eigenvalue weighted by Gasteiger charge is 2.27. The van der Waals surface area contributed by atoms with Crippen molar-refractivity contribution in [3.05, 3.63) is 27.3 Å². The van der Waals surface area contributed by atoms with Crippen molar-refractivity contribution in [3.8, 4) is 5.75 Å². The summed E-state index contributed by atoms with van der Waals surface area (Å²) in [4.78, 5) is 0. The van der Waals surface area contributed by atoms with E-state index in [0.717, 1.165) is 26.8 Å². The van der Waals surface area contributed by atoms with E-state index in [1.54, 1.807) is 7.11 Å². The molecule has 0 atom stereocenters. The van der Waals surface area contributed by atoms with E-state index >= 15 is 0 Å². The zero-order valence-corrected chi connectivity index (χ0v) is 13.2. The van der Waals surface area contributed by atoms with E-state index in [0.29, 0.717) is 5.02 Å². The number of fused-ring (bicyclic) bond motifs is 1. The number of nitrogens with two attached hydrogens (primary N) is 1. The molecule has 98 valence electrons. The standard InChI is InChI=1S/C13H16BrClN2O/c1-13(2,16)12-10(14)9-7(15)5-6-8(18-4)11(9)17(12)3/h5-6H,16H2,1-4H3. The number of ether oxygens (including phenoxy) is 1. The molecule has 5 heteroatoms. The van der Waals surface area contributed by atoms with Crippen molar-refractivity contribution in [1.29, 1.82) is 0 Å². The Kier molecular flexibility index (Phi) is 3.38. The van der Waals surface area contributed by atoms with Crippen molar-refractivity contribution < 1.29 is 4.74 Å². The van der Waals surface area contributed by atoms with E-state index in [-0.39, 0.29) is 0 Å². The normalized spacial score (nSPS) is 12.2. The van der Waals surface area contributed by atoms with Gasteiger partial charge in [-0.3, -0.25) is 0 Å². The van der Waals surface area contributed by atoms with Crippen LogP contribution in [0.25, 0.3) is 10.9 Å². The molecular weight excluding hydrogens is 316 g/mol. The first-order valence-electron chi connectivity index (χ1n) is 5.58. The van der Waals surface area contributed by atoms with Gasteiger partial charge in [0.15, 0.2) is 0 Å². The van der Waals surface area contributed by atoms with Crippen LogP contribution in [0.3, 0.4) is 0 Å². The Balaban J connectivity index is 2.98. The quantitative estimate of drug-likeness (QED) is 0.909. The molecular formula is C13H16BrClN2O. The summed E-state index contributed by atoms with van der Waals surface area (Å²) in [5, 5.41) is 1.62. The van der Waals surface area contributed by atoms with Crippen molar-refractivity contribution >= 4 is 38.4 Å². The number of methoxy groups -OCH3 is 1. The molecule has 0 aliphatic heterocycles. The van der Waals surface area contributed by atoms with Crippen LogP contribution in [0.2, 0.25) is 5.02 Å². The van der Waals surface area contributed by atoms with Crippen molar-refractivity contribution in [1.82, 2.24) is 4.57 Å². The van der Waals surface area contributed by atoms with Crippen LogP contribution in [0, 0.1) is 0 Å². The average molecular weight is 332 g/mol. The van der Waals surface area contributed by atoms with Crippen LogP contribution in [0.1, 0.15) is 19.5 Å². The summed E-state index contributed by atoms with van der Waals surface area (Å²) < 4.78 is 8.36. The number of hydrogen-bond donors (Lipinski definition) is 1. The smallest absolute Gasteiger partial charge is 0.143 e. The predicted octanol–water partition coefficient (Wildman–Crippen LogP) is 3.80. The Hall–Kier alpha value is -0.710. The van der Waals surface area contributed by atoms with Crippen molar-refractivity contribution in [2.75, 3.05) is 7.11 Å². The number of aromatic nitrogens is 1. The number of halogens is 2. The number of hydrogen-bond acceptors (Lipinski definition) is 2. The third-order valence-corrected chi connectivity index (χ3v) is 4.11. The monoisotopic (exact) mass is 330 g/mol. The first-order valence-corrected chi connectivity index (χ1v) is 6.76. The summed E-state index contributed by atoms with van der Waals surface area (Å²) in [6.45, 7) is 3.93. The van der Waals surface area contributed by atoms with Crippen LogP contribution in [0.5, 0.6) is 5.75 Å². The zero-order valence-electron chi connectivity index (χ0n) is 10.8. The Morgan fingerprint density at radius 3 is 2.50 bits per heavy atom. The van der Waals surface area contributed by atoms with Crippen LogP contribution in [-0.4, -0.2) is 11.7 Å². The molecule has 0 saturated carbocycles. The van der Waals surface area contributed by atoms with Crippen molar-refractivity contribution in [3.63, 3.8) is 0 Å². The first-order chi connectivity index (χ1) is 8.29. The van der Waals surface area contributed by atoms with Gasteiger partial charge in [-0.15, -0.1) is 0 Å². The molecule has 0 radical (unpaired) electrons. The van der Waals surface area contributed by atoms with Crippen LogP contribution in [-0.2, 0) is 12.6 Å². The molecule has 2 rings (SSSR count). The molecule has 18 heavy (non-hydrogen) atoms. The summed E-state index contributed by atoms with van der Waals surface area (Å²) in [5.74, 6) is 0.785. The molecule has 1 aromatic carbocycles. The van der Waals surface area contributed by atoms with Gasteiger partial charge in [-0.2, -0.15) is 0 Å². The minimum absolute atomic E-state index is 0.471. The fourth-order valence-corrected chi connectivity index (χ4v) is 3.89. The average Bonchev–Trinajstić information content (AvgIpc) is 2.52. The molecule has 0 fully saturated rings. The molecule has 0 saturated heterocycles. The Bertz CT molecular complexity index is 614. The van der Waals surface area contributed by atoms with Gasteiger partial charge in [0.05, 0.1) is 28.9 Å². The second-order valence-corrected chi connectivity index (χ2v) is 6.12. The summed E-state index contributed by atoms with van der Waals surface area (Å²) >= 11 is 9.90. The van der Waals surface area contributed by atoms with Gasteiger partial charge in [-0.25, -0.2) is 0 Å². The summed E-state index contributed by atoms with van der Waals surface area (Å²) in [6, 6.07) is 3.70. The van der Waals surface area contributed by atoms with Crippen molar-refractivity contribution in [2.45, 2.75) is 19.4 Å². The van der Waals surface area contributed by atoms with Crippen molar-refractivity contribution in [2.24, 2.45) is 12.8 Å². The lowest BCUT2D eigenvalue weighted by atomic mass is 10.0. The lowest BCUT2D eigenvalue weighted by Crippen LogP contribution is -2.31. The molecule has 2 aromatic rings. The van der Waals surface area contributed by atoms with E-state index < -0.39 is 5.54 Å². The zero-order chi connectivity index (χ0) is 13.7. The molecule has 0 aliphatic rings. The lowest BCUT2D eigenvalue weighted by Gasteiger charge is -2.21. The Morgan fingerprint density at radius 2 is 2.00 bits per heavy atom. The predicted molar refractivity (Wildman–Crippen MR) is 79.4 cm³/mol. The van der Waals surface area contributed by atoms with Crippen LogP contribution in [0.4, 0.5) is 0 Å². The van der Waals surface area contributed by atoms with E-state index in [4.69, 9.17) is 22.1 Å². The number of rotatable bonds is 2. The topological polar surface area (TPSA) is 40.2 Å². The van der Waals surface area contributed by atoms with Gasteiger partial charge < -0.3 is 15.0 Å². The fraction of sp³-hybridized carbons (Fsp3) is 0.385. The lowest BCUT2D eigenvalue weighted by molar-refractivity contribution is 0.417. The van der Waals surface area contributed by atoms with Crippen LogP contribution < -0.4 is 10.5 Å². The molecule has 2 N–H and O–H groups in total. The van der Waals surface area contributed by atoms with Gasteiger partial charge in [0, 0.05) is 16.9 Å². The SMILES string of the molecule is COc1ccc(Cl)c2c(Br)c(C(C)(C)N)n(C)c12. The molecule has 0 aliphatic carbocycles. The third kappa shape index (κ3) is 1.92. The number of nitrogens with zero attached hydrogens (tertiary/aromatic N) is 1. The minimum atomic E-state index is -0.471. The molecule has 0 bridgehead atoms. The van der Waals surface area contributed by atoms with Crippen LogP contribution in [0.15, 0.2) is 16.6 Å².